The van der Waals surface area contributed by atoms with Crippen LogP contribution in [0, 0.1) is 11.3 Å². The van der Waals surface area contributed by atoms with Crippen molar-refractivity contribution in [1.29, 1.82) is 5.26 Å². The Morgan fingerprint density at radius 1 is 0.971 bits per heavy atom. The van der Waals surface area contributed by atoms with E-state index in [-0.39, 0.29) is 23.8 Å². The summed E-state index contributed by atoms with van der Waals surface area (Å²) in [6.45, 7) is 2.23. The van der Waals surface area contributed by atoms with E-state index in [0.29, 0.717) is 55.3 Å². The third-order valence-electron chi connectivity index (χ3n) is 6.45. The lowest BCUT2D eigenvalue weighted by atomic mass is 10.1. The van der Waals surface area contributed by atoms with Gasteiger partial charge in [0.15, 0.2) is 11.5 Å². The number of Topliss-reactive ketones (excluding diaryl/α,β-unsaturated/α-hetero) is 1. The van der Waals surface area contributed by atoms with Gasteiger partial charge in [0.25, 0.3) is 11.5 Å². The van der Waals surface area contributed by atoms with Gasteiger partial charge >= 0.3 is 0 Å². The Bertz CT molecular complexity index is 1430. The fourth-order valence-corrected chi connectivity index (χ4v) is 4.69. The van der Waals surface area contributed by atoms with Gasteiger partial charge < -0.3 is 14.5 Å². The van der Waals surface area contributed by atoms with Crippen molar-refractivity contribution in [3.05, 3.63) is 87.9 Å². The molecular formula is C27H24N4O4. The van der Waals surface area contributed by atoms with E-state index in [2.05, 4.69) is 6.07 Å². The Balaban J connectivity index is 1.49. The molecule has 3 heterocycles. The molecule has 35 heavy (non-hydrogen) atoms. The van der Waals surface area contributed by atoms with Gasteiger partial charge in [-0.1, -0.05) is 48.5 Å². The molecule has 0 aliphatic carbocycles. The molecule has 1 amide bonds. The van der Waals surface area contributed by atoms with Crippen LogP contribution in [0.15, 0.2) is 71.2 Å². The highest BCUT2D eigenvalue weighted by Crippen LogP contribution is 2.30. The first-order chi connectivity index (χ1) is 17.1. The highest BCUT2D eigenvalue weighted by Gasteiger charge is 2.29. The molecule has 0 atom stereocenters. The first kappa shape index (κ1) is 22.4. The van der Waals surface area contributed by atoms with Crippen LogP contribution < -0.4 is 10.5 Å². The summed E-state index contributed by atoms with van der Waals surface area (Å²) in [5.74, 6) is 0.0692. The first-order valence-corrected chi connectivity index (χ1v) is 11.6. The minimum Gasteiger partial charge on any atom is -0.488 e. The van der Waals surface area contributed by atoms with Crippen molar-refractivity contribution in [3.8, 4) is 6.07 Å². The van der Waals surface area contributed by atoms with Crippen molar-refractivity contribution in [2.45, 2.75) is 13.0 Å². The third-order valence-corrected chi connectivity index (χ3v) is 6.45. The van der Waals surface area contributed by atoms with Crippen molar-refractivity contribution in [2.75, 3.05) is 37.7 Å². The fraction of sp³-hybridized carbons (Fsp3) is 0.259. The van der Waals surface area contributed by atoms with Crippen molar-refractivity contribution < 1.29 is 14.3 Å². The van der Waals surface area contributed by atoms with Crippen LogP contribution in [0.3, 0.4) is 0 Å². The molecule has 2 aliphatic rings. The SMILES string of the molecule is N#Cc1c(N2CCN(C(=O)C3=CCCO3)CC2)c2ccccc2n(CC(=O)c2ccccc2)c1=O. The van der Waals surface area contributed by atoms with E-state index in [0.717, 1.165) is 11.8 Å². The van der Waals surface area contributed by atoms with Crippen LogP contribution >= 0.6 is 0 Å². The number of carbonyl (C=O) groups is 2. The van der Waals surface area contributed by atoms with Crippen molar-refractivity contribution in [3.63, 3.8) is 0 Å². The van der Waals surface area contributed by atoms with E-state index in [1.165, 1.54) is 4.57 Å². The molecule has 2 aliphatic heterocycles. The number of fused-ring (bicyclic) bond motifs is 1. The summed E-state index contributed by atoms with van der Waals surface area (Å²) in [7, 11) is 0. The largest absolute Gasteiger partial charge is 0.488 e. The zero-order valence-corrected chi connectivity index (χ0v) is 19.1. The van der Waals surface area contributed by atoms with E-state index >= 15 is 0 Å². The van der Waals surface area contributed by atoms with Crippen molar-refractivity contribution in [2.24, 2.45) is 0 Å². The number of nitriles is 1. The summed E-state index contributed by atoms with van der Waals surface area (Å²) < 4.78 is 6.79. The average molecular weight is 469 g/mol. The highest BCUT2D eigenvalue weighted by atomic mass is 16.5. The standard InChI is InChI=1S/C27H24N4O4/c28-17-21-25(29-12-14-30(15-13-29)27(34)24-11-6-16-35-24)20-9-4-5-10-22(20)31(26(21)33)18-23(32)19-7-2-1-3-8-19/h1-5,7-11H,6,12-16,18H2. The number of piperazine rings is 1. The number of ketones is 1. The molecular weight excluding hydrogens is 444 g/mol. The lowest BCUT2D eigenvalue weighted by molar-refractivity contribution is -0.130. The van der Waals surface area contributed by atoms with Gasteiger partial charge in [-0.05, 0) is 12.1 Å². The summed E-state index contributed by atoms with van der Waals surface area (Å²) >= 11 is 0. The lowest BCUT2D eigenvalue weighted by Crippen LogP contribution is -2.50. The lowest BCUT2D eigenvalue weighted by Gasteiger charge is -2.37. The molecule has 5 rings (SSSR count). The van der Waals surface area contributed by atoms with Gasteiger partial charge in [-0.2, -0.15) is 5.26 Å². The van der Waals surface area contributed by atoms with Crippen LogP contribution in [-0.2, 0) is 16.1 Å². The second-order valence-corrected chi connectivity index (χ2v) is 8.52. The number of pyridine rings is 1. The summed E-state index contributed by atoms with van der Waals surface area (Å²) in [4.78, 5) is 42.8. The van der Waals surface area contributed by atoms with E-state index in [1.807, 2.05) is 35.2 Å². The van der Waals surface area contributed by atoms with Crippen LogP contribution in [0.5, 0.6) is 0 Å². The smallest absolute Gasteiger partial charge is 0.288 e. The number of para-hydroxylation sites is 1. The molecule has 176 valence electrons. The Morgan fingerprint density at radius 2 is 1.69 bits per heavy atom. The molecule has 1 aromatic heterocycles. The predicted octanol–water partition coefficient (Wildman–Crippen LogP) is 2.71. The second-order valence-electron chi connectivity index (χ2n) is 8.52. The third kappa shape index (κ3) is 4.17. The minimum atomic E-state index is -0.492. The second kappa shape index (κ2) is 9.47. The minimum absolute atomic E-state index is 0.00572. The van der Waals surface area contributed by atoms with Gasteiger partial charge in [0, 0.05) is 43.5 Å². The molecule has 0 N–H and O–H groups in total. The number of ether oxygens (including phenoxy) is 1. The number of hydrogen-bond acceptors (Lipinski definition) is 6. The molecule has 0 unspecified atom stereocenters. The Labute approximate surface area is 202 Å². The van der Waals surface area contributed by atoms with E-state index in [9.17, 15) is 19.6 Å². The predicted molar refractivity (Wildman–Crippen MR) is 131 cm³/mol. The van der Waals surface area contributed by atoms with Gasteiger partial charge in [-0.3, -0.25) is 19.0 Å². The maximum atomic E-state index is 13.5. The highest BCUT2D eigenvalue weighted by molar-refractivity contribution is 5.99. The summed E-state index contributed by atoms with van der Waals surface area (Å²) in [6, 6.07) is 18.2. The zero-order chi connectivity index (χ0) is 24.4. The summed E-state index contributed by atoms with van der Waals surface area (Å²) in [6.07, 6.45) is 2.55. The number of carbonyl (C=O) groups excluding carboxylic acids is 2. The number of anilines is 1. The van der Waals surface area contributed by atoms with Crippen LogP contribution in [0.4, 0.5) is 5.69 Å². The van der Waals surface area contributed by atoms with Gasteiger partial charge in [0.1, 0.15) is 11.6 Å². The first-order valence-electron chi connectivity index (χ1n) is 11.6. The van der Waals surface area contributed by atoms with Gasteiger partial charge in [0.05, 0.1) is 24.4 Å². The summed E-state index contributed by atoms with van der Waals surface area (Å²) in [5.41, 5.74) is 1.17. The Kier molecular flexibility index (Phi) is 6.06. The molecule has 1 saturated heterocycles. The monoisotopic (exact) mass is 468 g/mol. The van der Waals surface area contributed by atoms with Crippen molar-refractivity contribution >= 4 is 28.3 Å². The summed E-state index contributed by atoms with van der Waals surface area (Å²) in [5, 5.41) is 10.7. The number of nitrogens with zero attached hydrogens (tertiary/aromatic N) is 4. The quantitative estimate of drug-likeness (QED) is 0.535. The number of aromatic nitrogens is 1. The number of rotatable bonds is 5. The molecule has 0 bridgehead atoms. The van der Waals surface area contributed by atoms with Crippen LogP contribution in [0.2, 0.25) is 0 Å². The van der Waals surface area contributed by atoms with Gasteiger partial charge in [-0.15, -0.1) is 0 Å². The van der Waals surface area contributed by atoms with E-state index in [4.69, 9.17) is 4.74 Å². The molecule has 1 fully saturated rings. The molecule has 0 radical (unpaired) electrons. The molecule has 0 saturated carbocycles. The van der Waals surface area contributed by atoms with Crippen molar-refractivity contribution in [1.82, 2.24) is 9.47 Å². The maximum Gasteiger partial charge on any atom is 0.288 e. The normalized spacial score (nSPS) is 15.5. The molecule has 3 aromatic rings. The number of hydrogen-bond donors (Lipinski definition) is 0. The van der Waals surface area contributed by atoms with E-state index < -0.39 is 5.56 Å². The topological polar surface area (TPSA) is 95.6 Å². The van der Waals surface area contributed by atoms with E-state index in [1.54, 1.807) is 35.2 Å². The molecule has 0 spiro atoms. The molecule has 8 nitrogen and oxygen atoms in total. The molecule has 2 aromatic carbocycles. The Morgan fingerprint density at radius 3 is 2.37 bits per heavy atom. The average Bonchev–Trinajstić information content (AvgIpc) is 3.45. The zero-order valence-electron chi connectivity index (χ0n) is 19.1. The number of amides is 1. The van der Waals surface area contributed by atoms with Gasteiger partial charge in [0.2, 0.25) is 0 Å². The molecule has 8 heteroatoms. The Hall–Kier alpha value is -4.38. The van der Waals surface area contributed by atoms with Crippen LogP contribution in [-0.4, -0.2) is 53.9 Å². The fourth-order valence-electron chi connectivity index (χ4n) is 4.69. The van der Waals surface area contributed by atoms with Crippen LogP contribution in [0.1, 0.15) is 22.3 Å². The van der Waals surface area contributed by atoms with Crippen LogP contribution in [0.25, 0.3) is 10.9 Å². The number of benzene rings is 2. The van der Waals surface area contributed by atoms with Gasteiger partial charge in [-0.25, -0.2) is 0 Å². The maximum absolute atomic E-state index is 13.5.